The van der Waals surface area contributed by atoms with Crippen molar-refractivity contribution < 1.29 is 4.39 Å². The molecule has 0 fully saturated rings. The molecular weight excluding hydrogens is 1100 g/mol. The summed E-state index contributed by atoms with van der Waals surface area (Å²) in [4.78, 5) is 33.1. The van der Waals surface area contributed by atoms with Crippen LogP contribution in [0.3, 0.4) is 0 Å². The Morgan fingerprint density at radius 3 is 1.51 bits per heavy atom. The van der Waals surface area contributed by atoms with Gasteiger partial charge in [0.1, 0.15) is 11.6 Å². The number of hydrogen-bond acceptors (Lipinski definition) is 7. The van der Waals surface area contributed by atoms with E-state index in [-0.39, 0.29) is 49.4 Å². The normalized spacial score (nSPS) is 12.1. The summed E-state index contributed by atoms with van der Waals surface area (Å²) in [6, 6.07) is 45.3. The number of aromatic nitrogens is 9. The predicted octanol–water partition coefficient (Wildman–Crippen LogP) is 18.4. The van der Waals surface area contributed by atoms with Crippen molar-refractivity contribution in [2.75, 3.05) is 5.73 Å². The minimum absolute atomic E-state index is 0.0228. The standard InChI is InChI=1S/C13H18N2.C13H16N2.2C13H15NO.C12H15FN2.C12H16N2/c1-8-6-7-10-9(2)14-15-12(10)11(8)13(3,4)5;1-13(2,3)12-10-7-5-4-6-9(10)8-11(14)15-12;1-13(2,3)10-6-4-5-9-7-8-11(15)14-12(9)10;1-13(2,3)12-10-7-5-4-6-9(10)8-11(15)14-12;1-7-8-5-6-9(13)10(12(2,3)4)11(8)15-14-7;1-12(2,3)11-9-7-5-6-8-10(9)14(4)13-11/h6-7H,1-5H3,(H,14,15);4-8H,1-3H3,(H2,14,15);2*4-8H,1-3H3,(H,14,15);5-6H,1-4H3,(H,14,15);5-8H,1-4H3. The molecule has 0 radical (unpaired) electrons. The predicted molar refractivity (Wildman–Crippen MR) is 375 cm³/mol. The van der Waals surface area contributed by atoms with Crippen LogP contribution in [0.4, 0.5) is 10.2 Å². The van der Waals surface area contributed by atoms with Crippen LogP contribution in [0.5, 0.6) is 0 Å². The van der Waals surface area contributed by atoms with E-state index in [9.17, 15) is 14.0 Å². The zero-order valence-electron chi connectivity index (χ0n) is 56.8. The number of aryl methyl sites for hydroxylation is 4. The Balaban J connectivity index is 0.000000152. The summed E-state index contributed by atoms with van der Waals surface area (Å²) < 4.78 is 15.7. The number of aromatic amines is 4. The van der Waals surface area contributed by atoms with Crippen molar-refractivity contribution in [1.82, 2.24) is 45.1 Å². The average Bonchev–Trinajstić information content (AvgIpc) is 1.89. The number of rotatable bonds is 0. The maximum absolute atomic E-state index is 13.8. The molecule has 13 heteroatoms. The first kappa shape index (κ1) is 67.8. The summed E-state index contributed by atoms with van der Waals surface area (Å²) in [5.74, 6) is 0.417. The number of nitrogens with one attached hydrogen (secondary N) is 4. The molecule has 6 aromatic carbocycles. The monoisotopic (exact) mass is 1200 g/mol. The molecule has 89 heavy (non-hydrogen) atoms. The molecule has 0 unspecified atom stereocenters. The lowest BCUT2D eigenvalue weighted by Gasteiger charge is -2.21. The summed E-state index contributed by atoms with van der Waals surface area (Å²) in [6.45, 7) is 44.7. The number of benzene rings is 6. The van der Waals surface area contributed by atoms with E-state index in [0.717, 1.165) is 66.3 Å². The first-order valence-electron chi connectivity index (χ1n) is 30.7. The van der Waals surface area contributed by atoms with Crippen LogP contribution in [0.1, 0.15) is 175 Å². The number of nitrogen functional groups attached to an aromatic ring is 1. The maximum atomic E-state index is 13.8. The van der Waals surface area contributed by atoms with Crippen LogP contribution in [-0.4, -0.2) is 45.1 Å². The highest BCUT2D eigenvalue weighted by Crippen LogP contribution is 2.36. The molecule has 0 aliphatic heterocycles. The number of nitrogens with zero attached hydrogens (tertiary/aromatic N) is 5. The zero-order chi connectivity index (χ0) is 65.9. The molecule has 0 amide bonds. The van der Waals surface area contributed by atoms with Crippen LogP contribution in [0.25, 0.3) is 65.2 Å². The van der Waals surface area contributed by atoms with Crippen molar-refractivity contribution in [2.45, 2.75) is 178 Å². The van der Waals surface area contributed by atoms with E-state index in [1.54, 1.807) is 18.2 Å². The number of fused-ring (bicyclic) bond motifs is 6. The van der Waals surface area contributed by atoms with E-state index in [4.69, 9.17) is 5.73 Å². The number of nitrogens with two attached hydrogens (primary N) is 1. The molecule has 6 aromatic heterocycles. The molecule has 0 saturated carbocycles. The second-order valence-electron chi connectivity index (χ2n) is 29.5. The Labute approximate surface area is 525 Å². The molecular formula is C76H95FN10O2. The average molecular weight is 1200 g/mol. The van der Waals surface area contributed by atoms with Crippen LogP contribution in [0.15, 0.2) is 149 Å². The summed E-state index contributed by atoms with van der Waals surface area (Å²) >= 11 is 0. The van der Waals surface area contributed by atoms with Gasteiger partial charge in [-0.05, 0) is 100 Å². The SMILES string of the molecule is CC(C)(C)c1[nH]c(=O)cc2ccccc12.CC(C)(C)c1cccc2ccc(=O)[nH]c12.CC(C)(C)c1nc(N)cc2ccccc12.Cc1[nH]nc2c(C(C)(C)C)c(F)ccc12.Cc1ccc2c(C)[nH]nc2c1C(C)(C)C.Cn1nc(C(C)(C)C)c2ccccc21. The molecule has 0 atom stereocenters. The van der Waals surface area contributed by atoms with Gasteiger partial charge in [-0.25, -0.2) is 9.37 Å². The van der Waals surface area contributed by atoms with Crippen molar-refractivity contribution >= 4 is 71.0 Å². The molecule has 0 bridgehead atoms. The minimum Gasteiger partial charge on any atom is -0.384 e. The summed E-state index contributed by atoms with van der Waals surface area (Å²) in [7, 11) is 2.00. The minimum atomic E-state index is -0.231. The van der Waals surface area contributed by atoms with Gasteiger partial charge in [-0.1, -0.05) is 222 Å². The molecule has 0 spiro atoms. The van der Waals surface area contributed by atoms with Crippen LogP contribution >= 0.6 is 0 Å². The van der Waals surface area contributed by atoms with Crippen molar-refractivity contribution in [3.05, 3.63) is 217 Å². The molecule has 468 valence electrons. The van der Waals surface area contributed by atoms with E-state index in [1.807, 2.05) is 100 Å². The molecule has 12 rings (SSSR count). The first-order chi connectivity index (χ1) is 41.3. The van der Waals surface area contributed by atoms with Crippen molar-refractivity contribution in [3.8, 4) is 0 Å². The number of hydrogen-bond donors (Lipinski definition) is 5. The Morgan fingerprint density at radius 2 is 0.955 bits per heavy atom. The lowest BCUT2D eigenvalue weighted by atomic mass is 9.82. The van der Waals surface area contributed by atoms with Gasteiger partial charge < -0.3 is 15.7 Å². The highest BCUT2D eigenvalue weighted by Gasteiger charge is 2.26. The molecule has 12 nitrogen and oxygen atoms in total. The van der Waals surface area contributed by atoms with E-state index >= 15 is 0 Å². The van der Waals surface area contributed by atoms with Crippen LogP contribution in [-0.2, 0) is 39.5 Å². The molecule has 0 aliphatic carbocycles. The second kappa shape index (κ2) is 26.2. The van der Waals surface area contributed by atoms with Gasteiger partial charge in [-0.2, -0.15) is 15.3 Å². The zero-order valence-corrected chi connectivity index (χ0v) is 56.8. The van der Waals surface area contributed by atoms with Gasteiger partial charge in [0.15, 0.2) is 0 Å². The quantitative estimate of drug-likeness (QED) is 0.100. The Hall–Kier alpha value is -8.71. The topological polar surface area (TPSA) is 180 Å². The fourth-order valence-electron chi connectivity index (χ4n) is 11.3. The molecule has 12 aromatic rings. The number of pyridine rings is 3. The highest BCUT2D eigenvalue weighted by atomic mass is 19.1. The van der Waals surface area contributed by atoms with Gasteiger partial charge in [0.05, 0.1) is 33.5 Å². The van der Waals surface area contributed by atoms with E-state index < -0.39 is 0 Å². The molecule has 6 N–H and O–H groups in total. The third-order valence-electron chi connectivity index (χ3n) is 15.5. The largest absolute Gasteiger partial charge is 0.384 e. The fourth-order valence-corrected chi connectivity index (χ4v) is 11.3. The highest BCUT2D eigenvalue weighted by molar-refractivity contribution is 5.89. The number of H-pyrrole nitrogens is 4. The summed E-state index contributed by atoms with van der Waals surface area (Å²) in [5.41, 5.74) is 19.7. The van der Waals surface area contributed by atoms with Crippen LogP contribution in [0.2, 0.25) is 0 Å². The number of anilines is 1. The van der Waals surface area contributed by atoms with Crippen molar-refractivity contribution in [1.29, 1.82) is 0 Å². The third-order valence-corrected chi connectivity index (χ3v) is 15.5. The van der Waals surface area contributed by atoms with Gasteiger partial charge in [0.2, 0.25) is 11.1 Å². The van der Waals surface area contributed by atoms with Crippen LogP contribution in [0, 0.1) is 26.6 Å². The maximum Gasteiger partial charge on any atom is 0.248 e. The van der Waals surface area contributed by atoms with E-state index in [0.29, 0.717) is 11.4 Å². The number of para-hydroxylation sites is 2. The van der Waals surface area contributed by atoms with Gasteiger partial charge in [-0.15, -0.1) is 0 Å². The van der Waals surface area contributed by atoms with Gasteiger partial charge in [-0.3, -0.25) is 24.5 Å². The lowest BCUT2D eigenvalue weighted by molar-refractivity contribution is 0.527. The third kappa shape index (κ3) is 16.1. The van der Waals surface area contributed by atoms with Gasteiger partial charge in [0.25, 0.3) is 0 Å². The van der Waals surface area contributed by atoms with Gasteiger partial charge in [0, 0.05) is 85.0 Å². The van der Waals surface area contributed by atoms with E-state index in [1.165, 1.54) is 50.1 Å². The molecule has 6 heterocycles. The van der Waals surface area contributed by atoms with E-state index in [2.05, 4.69) is 213 Å². The molecule has 0 saturated heterocycles. The van der Waals surface area contributed by atoms with Gasteiger partial charge >= 0.3 is 0 Å². The Kier molecular flexibility index (Phi) is 19.9. The van der Waals surface area contributed by atoms with Crippen molar-refractivity contribution in [3.63, 3.8) is 0 Å². The number of halogens is 1. The lowest BCUT2D eigenvalue weighted by Crippen LogP contribution is -2.19. The molecule has 0 aliphatic rings. The Bertz CT molecular complexity index is 4470. The first-order valence-corrected chi connectivity index (χ1v) is 30.7. The fraction of sp³-hybridized carbons (Fsp3) is 0.368. The smallest absolute Gasteiger partial charge is 0.248 e. The summed E-state index contributed by atoms with van der Waals surface area (Å²) in [5, 5.41) is 28.2. The summed E-state index contributed by atoms with van der Waals surface area (Å²) in [6.07, 6.45) is 0. The Morgan fingerprint density at radius 1 is 0.449 bits per heavy atom. The second-order valence-corrected chi connectivity index (χ2v) is 29.5. The van der Waals surface area contributed by atoms with Crippen LogP contribution < -0.4 is 16.9 Å². The van der Waals surface area contributed by atoms with Crippen molar-refractivity contribution in [2.24, 2.45) is 7.05 Å².